The number of nitrogens with zero attached hydrogens (tertiary/aromatic N) is 3. The largest absolute Gasteiger partial charge is 0.495 e. The molecule has 6 rings (SSSR count). The molecule has 200 valence electrons. The molecule has 4 aliphatic rings. The Morgan fingerprint density at radius 2 is 1.76 bits per heavy atom. The van der Waals surface area contributed by atoms with Crippen LogP contribution in [0, 0.1) is 11.8 Å². The number of piperidine rings is 3. The van der Waals surface area contributed by atoms with Gasteiger partial charge in [-0.05, 0) is 67.6 Å². The van der Waals surface area contributed by atoms with Crippen LogP contribution in [0.4, 0.5) is 18.9 Å². The van der Waals surface area contributed by atoms with E-state index in [0.29, 0.717) is 18.4 Å². The maximum absolute atomic E-state index is 12.8. The van der Waals surface area contributed by atoms with Crippen molar-refractivity contribution in [2.24, 2.45) is 11.8 Å². The van der Waals surface area contributed by atoms with Gasteiger partial charge in [0.05, 0.1) is 18.4 Å². The Bertz CT molecular complexity index is 1070. The average molecular weight is 517 g/mol. The Morgan fingerprint density at radius 1 is 1.03 bits per heavy atom. The lowest BCUT2D eigenvalue weighted by atomic mass is 9.75. The van der Waals surface area contributed by atoms with Crippen molar-refractivity contribution in [2.75, 3.05) is 64.4 Å². The monoisotopic (exact) mass is 516 g/mol. The summed E-state index contributed by atoms with van der Waals surface area (Å²) < 4.78 is 43.9. The Morgan fingerprint density at radius 3 is 2.41 bits per heavy atom. The smallest absolute Gasteiger partial charge is 0.416 e. The highest BCUT2D eigenvalue weighted by Gasteiger charge is 2.41. The number of alkyl halides is 3. The van der Waals surface area contributed by atoms with Gasteiger partial charge >= 0.3 is 6.18 Å². The molecule has 6 nitrogen and oxygen atoms in total. The first-order valence-corrected chi connectivity index (χ1v) is 13.1. The molecule has 0 spiro atoms. The second-order valence-electron chi connectivity index (χ2n) is 10.4. The third-order valence-electron chi connectivity index (χ3n) is 8.28. The number of rotatable bonds is 7. The summed E-state index contributed by atoms with van der Waals surface area (Å²) in [7, 11) is 1.72. The third kappa shape index (κ3) is 5.88. The minimum atomic E-state index is -4.40. The van der Waals surface area contributed by atoms with Gasteiger partial charge in [0.2, 0.25) is 0 Å². The van der Waals surface area contributed by atoms with Gasteiger partial charge in [-0.1, -0.05) is 12.1 Å². The van der Waals surface area contributed by atoms with Crippen LogP contribution >= 0.6 is 0 Å². The molecule has 0 radical (unpaired) electrons. The summed E-state index contributed by atoms with van der Waals surface area (Å²) in [4.78, 5) is 20.0. The Hall–Kier alpha value is -2.78. The lowest BCUT2D eigenvalue weighted by Gasteiger charge is -2.51. The van der Waals surface area contributed by atoms with Crippen LogP contribution in [-0.4, -0.2) is 81.2 Å². The first-order chi connectivity index (χ1) is 17.8. The molecule has 4 saturated heterocycles. The van der Waals surface area contributed by atoms with Crippen molar-refractivity contribution < 1.29 is 22.7 Å². The van der Waals surface area contributed by atoms with Crippen molar-refractivity contribution in [3.8, 4) is 5.75 Å². The molecular weight excluding hydrogens is 481 g/mol. The van der Waals surface area contributed by atoms with Crippen LogP contribution < -0.4 is 15.0 Å². The number of nitrogens with one attached hydrogen (secondary N) is 1. The van der Waals surface area contributed by atoms with Crippen LogP contribution in [0.15, 0.2) is 48.5 Å². The number of carbonyl (C=O) groups is 1. The average Bonchev–Trinajstić information content (AvgIpc) is 2.92. The van der Waals surface area contributed by atoms with Gasteiger partial charge in [-0.25, -0.2) is 0 Å². The number of hydrogen-bond donors (Lipinski definition) is 1. The van der Waals surface area contributed by atoms with Crippen molar-refractivity contribution in [3.05, 3.63) is 59.7 Å². The van der Waals surface area contributed by atoms with E-state index in [1.54, 1.807) is 7.11 Å². The number of halogens is 3. The second kappa shape index (κ2) is 10.9. The number of piperazine rings is 1. The van der Waals surface area contributed by atoms with E-state index in [9.17, 15) is 18.0 Å². The van der Waals surface area contributed by atoms with Gasteiger partial charge in [-0.15, -0.1) is 0 Å². The summed E-state index contributed by atoms with van der Waals surface area (Å²) in [5, 5.41) is 2.95. The van der Waals surface area contributed by atoms with Crippen molar-refractivity contribution >= 4 is 11.6 Å². The lowest BCUT2D eigenvalue weighted by molar-refractivity contribution is -0.137. The Kier molecular flexibility index (Phi) is 7.62. The molecule has 4 fully saturated rings. The van der Waals surface area contributed by atoms with E-state index in [2.05, 4.69) is 32.1 Å². The number of anilines is 1. The van der Waals surface area contributed by atoms with Gasteiger partial charge in [0.1, 0.15) is 5.75 Å². The van der Waals surface area contributed by atoms with E-state index in [1.807, 2.05) is 12.1 Å². The van der Waals surface area contributed by atoms with Crippen molar-refractivity contribution in [2.45, 2.75) is 25.1 Å². The maximum Gasteiger partial charge on any atom is 0.416 e. The molecule has 4 atom stereocenters. The zero-order valence-corrected chi connectivity index (χ0v) is 21.2. The Balaban J connectivity index is 1.08. The SMILES string of the molecule is COc1ccccc1N1CCN(C[C@@H]2CN3CC[C@H]2C[C@@H]3CNC(=O)c2ccc(C(F)(F)F)cc2)CC1. The Labute approximate surface area is 216 Å². The molecule has 2 aromatic carbocycles. The van der Waals surface area contributed by atoms with Crippen molar-refractivity contribution in [3.63, 3.8) is 0 Å². The van der Waals surface area contributed by atoms with E-state index in [4.69, 9.17) is 4.74 Å². The highest BCUT2D eigenvalue weighted by Crippen LogP contribution is 2.37. The summed E-state index contributed by atoms with van der Waals surface area (Å²) in [6.45, 7) is 7.76. The minimum Gasteiger partial charge on any atom is -0.495 e. The number of amides is 1. The number of ether oxygens (including phenoxy) is 1. The predicted molar refractivity (Wildman–Crippen MR) is 137 cm³/mol. The summed E-state index contributed by atoms with van der Waals surface area (Å²) in [5.41, 5.74) is 0.676. The van der Waals surface area contributed by atoms with Crippen LogP contribution in [0.5, 0.6) is 5.75 Å². The van der Waals surface area contributed by atoms with Gasteiger partial charge in [0.25, 0.3) is 5.91 Å². The molecular formula is C28H35F3N4O2. The molecule has 1 unspecified atom stereocenters. The molecule has 9 heteroatoms. The second-order valence-corrected chi connectivity index (χ2v) is 10.4. The highest BCUT2D eigenvalue weighted by atomic mass is 19.4. The number of para-hydroxylation sites is 2. The standard InChI is InChI=1S/C28H35F3N4O2/c1-37-26-5-3-2-4-25(26)34-14-12-33(13-15-34)18-22-19-35-11-10-21(22)16-24(35)17-32-27(36)20-6-8-23(9-7-20)28(29,30)31/h2-9,21-22,24H,10-19H2,1H3,(H,32,36)/t21-,22+,24+/m0/s1. The maximum atomic E-state index is 12.8. The fourth-order valence-electron chi connectivity index (χ4n) is 6.19. The van der Waals surface area contributed by atoms with Gasteiger partial charge in [-0.3, -0.25) is 14.6 Å². The van der Waals surface area contributed by atoms with E-state index >= 15 is 0 Å². The number of methoxy groups -OCH3 is 1. The quantitative estimate of drug-likeness (QED) is 0.604. The molecule has 0 aliphatic carbocycles. The predicted octanol–water partition coefficient (Wildman–Crippen LogP) is 3.98. The highest BCUT2D eigenvalue weighted by molar-refractivity contribution is 5.94. The van der Waals surface area contributed by atoms with E-state index in [-0.39, 0.29) is 17.5 Å². The van der Waals surface area contributed by atoms with Gasteiger partial charge in [-0.2, -0.15) is 13.2 Å². The fraction of sp³-hybridized carbons (Fsp3) is 0.536. The molecule has 4 heterocycles. The van der Waals surface area contributed by atoms with E-state index < -0.39 is 11.7 Å². The van der Waals surface area contributed by atoms with Crippen LogP contribution in [-0.2, 0) is 6.18 Å². The summed E-state index contributed by atoms with van der Waals surface area (Å²) in [6, 6.07) is 12.9. The summed E-state index contributed by atoms with van der Waals surface area (Å²) >= 11 is 0. The topological polar surface area (TPSA) is 48.1 Å². The van der Waals surface area contributed by atoms with E-state index in [0.717, 1.165) is 75.8 Å². The third-order valence-corrected chi connectivity index (χ3v) is 8.28. The number of benzene rings is 2. The van der Waals surface area contributed by atoms with E-state index in [1.165, 1.54) is 18.6 Å². The van der Waals surface area contributed by atoms with Gasteiger partial charge in [0.15, 0.2) is 0 Å². The van der Waals surface area contributed by atoms with Crippen LogP contribution in [0.25, 0.3) is 0 Å². The zero-order chi connectivity index (χ0) is 26.0. The first-order valence-electron chi connectivity index (χ1n) is 13.1. The molecule has 1 amide bonds. The fourth-order valence-corrected chi connectivity index (χ4v) is 6.19. The minimum absolute atomic E-state index is 0.258. The van der Waals surface area contributed by atoms with Crippen LogP contribution in [0.3, 0.4) is 0 Å². The molecule has 4 aliphatic heterocycles. The van der Waals surface area contributed by atoms with Crippen molar-refractivity contribution in [1.29, 1.82) is 0 Å². The lowest BCUT2D eigenvalue weighted by Crippen LogP contribution is -2.59. The normalized spacial score (nSPS) is 26.2. The zero-order valence-electron chi connectivity index (χ0n) is 21.2. The van der Waals surface area contributed by atoms with Crippen LogP contribution in [0.1, 0.15) is 28.8 Å². The van der Waals surface area contributed by atoms with Gasteiger partial charge < -0.3 is 15.0 Å². The molecule has 1 N–H and O–H groups in total. The molecule has 0 aromatic heterocycles. The first kappa shape index (κ1) is 25.9. The molecule has 0 saturated carbocycles. The number of carbonyl (C=O) groups excluding carboxylic acids is 1. The van der Waals surface area contributed by atoms with Crippen LogP contribution in [0.2, 0.25) is 0 Å². The molecule has 37 heavy (non-hydrogen) atoms. The molecule has 2 bridgehead atoms. The number of hydrogen-bond acceptors (Lipinski definition) is 5. The number of fused-ring (bicyclic) bond motifs is 3. The molecule has 2 aromatic rings. The summed E-state index contributed by atoms with van der Waals surface area (Å²) in [5.74, 6) is 1.88. The van der Waals surface area contributed by atoms with Crippen molar-refractivity contribution in [1.82, 2.24) is 15.1 Å². The summed E-state index contributed by atoms with van der Waals surface area (Å²) in [6.07, 6.45) is -2.16. The van der Waals surface area contributed by atoms with Gasteiger partial charge in [0, 0.05) is 57.4 Å².